The van der Waals surface area contributed by atoms with Gasteiger partial charge in [0.05, 0.1) is 26.3 Å². The maximum absolute atomic E-state index is 12.8. The molecule has 0 aliphatic carbocycles. The van der Waals surface area contributed by atoms with Crippen LogP contribution in [0.1, 0.15) is 25.0 Å². The van der Waals surface area contributed by atoms with Crippen molar-refractivity contribution < 1.29 is 39.3 Å². The van der Waals surface area contributed by atoms with E-state index in [0.29, 0.717) is 7.14 Å². The molecule has 2 aromatic rings. The topological polar surface area (TPSA) is 211 Å². The Morgan fingerprint density at radius 2 is 1.49 bits per heavy atom. The van der Waals surface area contributed by atoms with E-state index in [1.54, 1.807) is 12.1 Å². The molecule has 0 fully saturated rings. The van der Waals surface area contributed by atoms with Crippen molar-refractivity contribution in [2.24, 2.45) is 5.73 Å². The maximum Gasteiger partial charge on any atom is 0.300 e. The van der Waals surface area contributed by atoms with Crippen LogP contribution in [0.5, 0.6) is 5.75 Å². The first-order chi connectivity index (χ1) is 20.2. The van der Waals surface area contributed by atoms with Gasteiger partial charge in [-0.05, 0) is 81.8 Å². The Labute approximate surface area is 277 Å². The number of aliphatic hydroxyl groups is 1. The SMILES string of the molecule is CC(=O)O.CC(NC(=O)C(N)Cc1cc(I)c(O)c(I)c1)C(=O)NCC(=O)N(C)C(Cc1ccccc1)C(=O)NCCO. The lowest BCUT2D eigenvalue weighted by Gasteiger charge is -2.28. The zero-order chi connectivity index (χ0) is 32.7. The largest absolute Gasteiger partial charge is 0.506 e. The van der Waals surface area contributed by atoms with Gasteiger partial charge >= 0.3 is 0 Å². The smallest absolute Gasteiger partial charge is 0.300 e. The quantitative estimate of drug-likeness (QED) is 0.139. The van der Waals surface area contributed by atoms with Gasteiger partial charge in [0.15, 0.2) is 0 Å². The molecule has 0 bridgehead atoms. The molecule has 13 nitrogen and oxygen atoms in total. The van der Waals surface area contributed by atoms with Gasteiger partial charge < -0.3 is 41.9 Å². The number of carbonyl (C=O) groups excluding carboxylic acids is 4. The normalized spacial score (nSPS) is 12.4. The first-order valence-electron chi connectivity index (χ1n) is 13.1. The Morgan fingerprint density at radius 1 is 0.930 bits per heavy atom. The number of phenols is 1. The third-order valence-corrected chi connectivity index (χ3v) is 7.53. The number of halogens is 2. The summed E-state index contributed by atoms with van der Waals surface area (Å²) in [7, 11) is 1.47. The third kappa shape index (κ3) is 13.9. The molecule has 2 rings (SSSR count). The van der Waals surface area contributed by atoms with Gasteiger partial charge in [-0.25, -0.2) is 0 Å². The Balaban J connectivity index is 0.00000217. The molecule has 8 N–H and O–H groups in total. The summed E-state index contributed by atoms with van der Waals surface area (Å²) in [5, 5.41) is 34.0. The highest BCUT2D eigenvalue weighted by atomic mass is 127. The molecule has 0 spiro atoms. The van der Waals surface area contributed by atoms with Crippen LogP contribution in [0.2, 0.25) is 0 Å². The fraction of sp³-hybridized carbons (Fsp3) is 0.393. The predicted octanol–water partition coefficient (Wildman–Crippen LogP) is 0.361. The van der Waals surface area contributed by atoms with Gasteiger partial charge in [-0.1, -0.05) is 30.3 Å². The average Bonchev–Trinajstić information content (AvgIpc) is 2.95. The third-order valence-electron chi connectivity index (χ3n) is 5.88. The van der Waals surface area contributed by atoms with E-state index in [1.165, 1.54) is 18.9 Å². The van der Waals surface area contributed by atoms with E-state index in [4.69, 9.17) is 20.7 Å². The second-order valence-electron chi connectivity index (χ2n) is 9.41. The molecular formula is C28H37I2N5O8. The molecule has 4 amide bonds. The van der Waals surface area contributed by atoms with Gasteiger partial charge in [0.25, 0.3) is 5.97 Å². The summed E-state index contributed by atoms with van der Waals surface area (Å²) in [6, 6.07) is 9.89. The molecule has 0 aliphatic rings. The number of aromatic hydroxyl groups is 1. The summed E-state index contributed by atoms with van der Waals surface area (Å²) in [5.74, 6) is -2.73. The van der Waals surface area contributed by atoms with Crippen LogP contribution in [0.3, 0.4) is 0 Å². The number of hydrogen-bond acceptors (Lipinski definition) is 8. The highest BCUT2D eigenvalue weighted by Crippen LogP contribution is 2.27. The van der Waals surface area contributed by atoms with Crippen LogP contribution in [0, 0.1) is 7.14 Å². The first kappa shape index (κ1) is 38.0. The zero-order valence-electron chi connectivity index (χ0n) is 24.0. The Kier molecular flexibility index (Phi) is 17.0. The fourth-order valence-corrected chi connectivity index (χ4v) is 5.52. The van der Waals surface area contributed by atoms with Gasteiger partial charge in [0.1, 0.15) is 17.8 Å². The number of carbonyl (C=O) groups is 5. The highest BCUT2D eigenvalue weighted by molar-refractivity contribution is 14.1. The summed E-state index contributed by atoms with van der Waals surface area (Å²) in [6.45, 7) is 1.98. The minimum absolute atomic E-state index is 0.0491. The van der Waals surface area contributed by atoms with Crippen molar-refractivity contribution in [2.75, 3.05) is 26.7 Å². The van der Waals surface area contributed by atoms with Gasteiger partial charge in [-0.2, -0.15) is 0 Å². The molecule has 15 heteroatoms. The number of nitrogens with zero attached hydrogens (tertiary/aromatic N) is 1. The fourth-order valence-electron chi connectivity index (χ4n) is 3.62. The van der Waals surface area contributed by atoms with Crippen LogP contribution in [-0.2, 0) is 36.8 Å². The lowest BCUT2D eigenvalue weighted by Crippen LogP contribution is -2.54. The Hall–Kier alpha value is -3.03. The summed E-state index contributed by atoms with van der Waals surface area (Å²) < 4.78 is 1.28. The molecule has 0 saturated carbocycles. The van der Waals surface area contributed by atoms with Gasteiger partial charge in [-0.3, -0.25) is 24.0 Å². The number of nitrogens with two attached hydrogens (primary N) is 1. The molecule has 236 valence electrons. The molecule has 3 unspecified atom stereocenters. The van der Waals surface area contributed by atoms with Gasteiger partial charge in [0, 0.05) is 26.9 Å². The molecule has 0 aliphatic heterocycles. The molecule has 43 heavy (non-hydrogen) atoms. The van der Waals surface area contributed by atoms with E-state index in [2.05, 4.69) is 16.0 Å². The molecule has 3 atom stereocenters. The Morgan fingerprint density at radius 3 is 2.02 bits per heavy atom. The summed E-state index contributed by atoms with van der Waals surface area (Å²) in [4.78, 5) is 60.9. The molecule has 0 heterocycles. The van der Waals surface area contributed by atoms with Crippen molar-refractivity contribution in [3.63, 3.8) is 0 Å². The standard InChI is InChI=1S/C26H33I2N5O6.C2H4O2/c1-15(32-25(38)20(29)12-17-10-18(27)23(36)19(28)11-17)24(37)31-14-22(35)33(2)21(26(39)30-8-9-34)13-16-6-4-3-5-7-16;1-2(3)4/h3-7,10-11,15,20-21,34,36H,8-9,12-14,29H2,1-2H3,(H,30,39)(H,31,37)(H,32,38);1H3,(H,3,4). The molecular weight excluding hydrogens is 788 g/mol. The van der Waals surface area contributed by atoms with Gasteiger partial charge in [-0.15, -0.1) is 0 Å². The zero-order valence-corrected chi connectivity index (χ0v) is 28.3. The number of amides is 4. The molecule has 0 aromatic heterocycles. The maximum atomic E-state index is 12.8. The van der Waals surface area contributed by atoms with Crippen molar-refractivity contribution in [3.05, 3.63) is 60.7 Å². The average molecular weight is 825 g/mol. The van der Waals surface area contributed by atoms with Crippen molar-refractivity contribution in [1.82, 2.24) is 20.9 Å². The van der Waals surface area contributed by atoms with Crippen LogP contribution < -0.4 is 21.7 Å². The summed E-state index contributed by atoms with van der Waals surface area (Å²) >= 11 is 3.99. The van der Waals surface area contributed by atoms with Gasteiger partial charge in [0.2, 0.25) is 23.6 Å². The predicted molar refractivity (Wildman–Crippen MR) is 176 cm³/mol. The van der Waals surface area contributed by atoms with Crippen molar-refractivity contribution in [2.45, 2.75) is 44.8 Å². The molecule has 0 radical (unpaired) electrons. The number of benzene rings is 2. The van der Waals surface area contributed by atoms with E-state index in [9.17, 15) is 24.3 Å². The number of carboxylic acid groups (broad SMARTS) is 1. The molecule has 0 saturated heterocycles. The van der Waals surface area contributed by atoms with E-state index in [1.807, 2.05) is 75.5 Å². The van der Waals surface area contributed by atoms with E-state index >= 15 is 0 Å². The van der Waals surface area contributed by atoms with Crippen LogP contribution in [0.15, 0.2) is 42.5 Å². The number of rotatable bonds is 13. The Bertz CT molecular complexity index is 1240. The van der Waals surface area contributed by atoms with Crippen molar-refractivity contribution in [3.8, 4) is 5.75 Å². The van der Waals surface area contributed by atoms with E-state index < -0.39 is 47.7 Å². The van der Waals surface area contributed by atoms with Crippen molar-refractivity contribution in [1.29, 1.82) is 0 Å². The lowest BCUT2D eigenvalue weighted by atomic mass is 10.0. The minimum atomic E-state index is -0.963. The molecule has 2 aromatic carbocycles. The van der Waals surface area contributed by atoms with Crippen LogP contribution >= 0.6 is 45.2 Å². The van der Waals surface area contributed by atoms with Crippen molar-refractivity contribution >= 4 is 74.8 Å². The number of likely N-dealkylation sites (N-methyl/N-ethyl adjacent to an activating group) is 1. The summed E-state index contributed by atoms with van der Waals surface area (Å²) in [5.41, 5.74) is 7.64. The number of nitrogens with one attached hydrogen (secondary N) is 3. The van der Waals surface area contributed by atoms with E-state index in [0.717, 1.165) is 18.1 Å². The summed E-state index contributed by atoms with van der Waals surface area (Å²) in [6.07, 6.45) is 0.453. The monoisotopic (exact) mass is 825 g/mol. The highest BCUT2D eigenvalue weighted by Gasteiger charge is 2.28. The van der Waals surface area contributed by atoms with E-state index in [-0.39, 0.29) is 38.3 Å². The number of phenolic OH excluding ortho intramolecular Hbond substituents is 1. The number of carboxylic acids is 1. The minimum Gasteiger partial charge on any atom is -0.506 e. The first-order valence-corrected chi connectivity index (χ1v) is 15.2. The number of aliphatic hydroxyl groups excluding tert-OH is 1. The second-order valence-corrected chi connectivity index (χ2v) is 11.7. The van der Waals surface area contributed by atoms with Crippen LogP contribution in [0.4, 0.5) is 0 Å². The van der Waals surface area contributed by atoms with Crippen LogP contribution in [0.25, 0.3) is 0 Å². The number of aliphatic carboxylic acids is 1. The lowest BCUT2D eigenvalue weighted by molar-refractivity contribution is -0.139. The van der Waals surface area contributed by atoms with Crippen LogP contribution in [-0.4, -0.2) is 94.7 Å². The second kappa shape index (κ2) is 19.3. The number of hydrogen-bond donors (Lipinski definition) is 7.